The minimum absolute atomic E-state index is 0.0709. The van der Waals surface area contributed by atoms with E-state index >= 15 is 0 Å². The summed E-state index contributed by atoms with van der Waals surface area (Å²) in [6, 6.07) is 2.95. The summed E-state index contributed by atoms with van der Waals surface area (Å²) in [6.07, 6.45) is 1.23. The smallest absolute Gasteiger partial charge is 0.340 e. The molecule has 0 atom stereocenters. The summed E-state index contributed by atoms with van der Waals surface area (Å²) < 4.78 is 10.8. The number of hydroxylamine groups is 1. The molecule has 6 nitrogen and oxygen atoms in total. The van der Waals surface area contributed by atoms with E-state index in [4.69, 9.17) is 9.47 Å². The zero-order valence-electron chi connectivity index (χ0n) is 12.3. The van der Waals surface area contributed by atoms with Gasteiger partial charge < -0.3 is 19.8 Å². The summed E-state index contributed by atoms with van der Waals surface area (Å²) in [5.74, 6) is -0.608. The highest BCUT2D eigenvalue weighted by Crippen LogP contribution is 2.28. The number of rotatable bonds is 4. The number of carboxylic acids is 1. The zero-order valence-corrected chi connectivity index (χ0v) is 12.3. The molecule has 0 fully saturated rings. The van der Waals surface area contributed by atoms with Gasteiger partial charge in [-0.3, -0.25) is 0 Å². The Bertz CT molecular complexity index is 543. The van der Waals surface area contributed by atoms with Gasteiger partial charge in [-0.1, -0.05) is 0 Å². The van der Waals surface area contributed by atoms with Crippen molar-refractivity contribution in [1.29, 1.82) is 0 Å². The van der Waals surface area contributed by atoms with Crippen LogP contribution >= 0.6 is 0 Å². The summed E-state index contributed by atoms with van der Waals surface area (Å²) in [6.45, 7) is 5.19. The Kier molecular flexibility index (Phi) is 4.60. The number of ether oxygens (including phenoxy) is 2. The second-order valence-corrected chi connectivity index (χ2v) is 5.22. The molecular weight excluding hydrogens is 262 g/mol. The van der Waals surface area contributed by atoms with Gasteiger partial charge in [0, 0.05) is 26.8 Å². The van der Waals surface area contributed by atoms with Gasteiger partial charge in [-0.2, -0.15) is 0 Å². The Morgan fingerprint density at radius 3 is 2.30 bits per heavy atom. The molecule has 0 aliphatic heterocycles. The van der Waals surface area contributed by atoms with Crippen molar-refractivity contribution in [1.82, 2.24) is 0 Å². The van der Waals surface area contributed by atoms with Crippen LogP contribution in [0.15, 0.2) is 12.1 Å². The number of carbonyl (C=O) groups is 1. The fraction of sp³-hybridized carbons (Fsp3) is 0.429. The second-order valence-electron chi connectivity index (χ2n) is 5.22. The maximum Gasteiger partial charge on any atom is 0.340 e. The average molecular weight is 281 g/mol. The molecule has 0 spiro atoms. The van der Waals surface area contributed by atoms with Crippen molar-refractivity contribution < 1.29 is 24.1 Å². The van der Waals surface area contributed by atoms with Gasteiger partial charge in [-0.05, 0) is 6.07 Å². The van der Waals surface area contributed by atoms with Gasteiger partial charge >= 0.3 is 5.97 Å². The lowest BCUT2D eigenvalue weighted by molar-refractivity contribution is -0.530. The molecule has 0 aliphatic rings. The third-order valence-electron chi connectivity index (χ3n) is 2.69. The maximum absolute atomic E-state index is 12.0. The molecule has 0 saturated carbocycles. The Morgan fingerprint density at radius 1 is 1.30 bits per heavy atom. The van der Waals surface area contributed by atoms with Gasteiger partial charge in [0.1, 0.15) is 17.1 Å². The topological polar surface area (TPSA) is 81.8 Å². The molecule has 1 rings (SSSR count). The number of carboxylic acid groups (broad SMARTS) is 1. The van der Waals surface area contributed by atoms with Gasteiger partial charge in [0.2, 0.25) is 0 Å². The molecule has 0 aromatic heterocycles. The predicted molar refractivity (Wildman–Crippen MR) is 75.1 cm³/mol. The normalized spacial score (nSPS) is 12.2. The minimum Gasteiger partial charge on any atom is -0.623 e. The Balaban J connectivity index is 3.54. The molecule has 0 bridgehead atoms. The molecule has 1 aromatic rings. The molecule has 6 heteroatoms. The lowest BCUT2D eigenvalue weighted by Crippen LogP contribution is -2.29. The van der Waals surface area contributed by atoms with Crippen molar-refractivity contribution in [3.63, 3.8) is 0 Å². The Hall–Kier alpha value is -2.24. The molecule has 0 heterocycles. The van der Waals surface area contributed by atoms with Crippen LogP contribution in [-0.2, 0) is 0 Å². The maximum atomic E-state index is 12.0. The first-order chi connectivity index (χ1) is 9.20. The first-order valence-corrected chi connectivity index (χ1v) is 6.01. The van der Waals surface area contributed by atoms with Gasteiger partial charge in [0.25, 0.3) is 0 Å². The van der Waals surface area contributed by atoms with E-state index in [-0.39, 0.29) is 16.9 Å². The standard InChI is InChI=1S/C14H19NO5/c1-14(2,3)15(18)8-9-6-10(19-4)7-11(20-5)12(9)13(16)17/h6-8H,1-5H3,(H,16,17). The summed E-state index contributed by atoms with van der Waals surface area (Å²) in [4.78, 5) is 11.4. The van der Waals surface area contributed by atoms with Crippen molar-refractivity contribution in [3.8, 4) is 11.5 Å². The largest absolute Gasteiger partial charge is 0.623 e. The van der Waals surface area contributed by atoms with Crippen molar-refractivity contribution in [2.45, 2.75) is 26.3 Å². The molecule has 0 unspecified atom stereocenters. The van der Waals surface area contributed by atoms with E-state index < -0.39 is 11.5 Å². The number of hydrogen-bond acceptors (Lipinski definition) is 4. The van der Waals surface area contributed by atoms with E-state index in [1.54, 1.807) is 20.8 Å². The molecule has 20 heavy (non-hydrogen) atoms. The average Bonchev–Trinajstić information content (AvgIpc) is 2.35. The minimum atomic E-state index is -1.17. The van der Waals surface area contributed by atoms with Crippen LogP contribution in [0, 0.1) is 5.21 Å². The van der Waals surface area contributed by atoms with Crippen molar-refractivity contribution in [2.24, 2.45) is 0 Å². The van der Waals surface area contributed by atoms with Crippen LogP contribution in [0.25, 0.3) is 0 Å². The molecule has 0 radical (unpaired) electrons. The lowest BCUT2D eigenvalue weighted by Gasteiger charge is -2.19. The third kappa shape index (κ3) is 3.40. The third-order valence-corrected chi connectivity index (χ3v) is 2.69. The SMILES string of the molecule is COc1cc(C=[N+]([O-])C(C)(C)C)c(C(=O)O)c(OC)c1. The molecule has 1 aromatic carbocycles. The molecular formula is C14H19NO5. The van der Waals surface area contributed by atoms with E-state index in [2.05, 4.69) is 0 Å². The van der Waals surface area contributed by atoms with Gasteiger partial charge in [0.15, 0.2) is 11.8 Å². The number of nitrogens with zero attached hydrogens (tertiary/aromatic N) is 1. The molecule has 110 valence electrons. The zero-order chi connectivity index (χ0) is 15.5. The van der Waals surface area contributed by atoms with E-state index in [0.29, 0.717) is 10.5 Å². The number of aromatic carboxylic acids is 1. The van der Waals surface area contributed by atoms with Crippen LogP contribution in [0.4, 0.5) is 0 Å². The summed E-state index contributed by atoms with van der Waals surface area (Å²) in [5, 5.41) is 21.3. The first kappa shape index (κ1) is 15.8. The van der Waals surface area contributed by atoms with Crippen molar-refractivity contribution in [3.05, 3.63) is 28.5 Å². The highest BCUT2D eigenvalue weighted by atomic mass is 16.5. The van der Waals surface area contributed by atoms with E-state index in [9.17, 15) is 15.1 Å². The first-order valence-electron chi connectivity index (χ1n) is 6.01. The van der Waals surface area contributed by atoms with Crippen LogP contribution in [0.5, 0.6) is 11.5 Å². The quantitative estimate of drug-likeness (QED) is 0.395. The number of hydrogen-bond donors (Lipinski definition) is 1. The Labute approximate surface area is 117 Å². The van der Waals surface area contributed by atoms with Gasteiger partial charge in [0.05, 0.1) is 19.8 Å². The van der Waals surface area contributed by atoms with Crippen LogP contribution < -0.4 is 9.47 Å². The second kappa shape index (κ2) is 5.81. The number of benzene rings is 1. The predicted octanol–water partition coefficient (Wildman–Crippen LogP) is 2.13. The van der Waals surface area contributed by atoms with E-state index in [0.717, 1.165) is 0 Å². The van der Waals surface area contributed by atoms with Crippen LogP contribution in [0.1, 0.15) is 36.7 Å². The van der Waals surface area contributed by atoms with Gasteiger partial charge in [-0.25, -0.2) is 9.53 Å². The molecule has 0 saturated heterocycles. The summed E-state index contributed by atoms with van der Waals surface area (Å²) >= 11 is 0. The van der Waals surface area contributed by atoms with Crippen molar-refractivity contribution in [2.75, 3.05) is 14.2 Å². The summed E-state index contributed by atoms with van der Waals surface area (Å²) in [7, 11) is 2.82. The molecule has 0 aliphatic carbocycles. The lowest BCUT2D eigenvalue weighted by atomic mass is 10.1. The van der Waals surface area contributed by atoms with Crippen molar-refractivity contribution >= 4 is 12.2 Å². The fourth-order valence-corrected chi connectivity index (χ4v) is 1.54. The Morgan fingerprint density at radius 2 is 1.90 bits per heavy atom. The highest BCUT2D eigenvalue weighted by molar-refractivity contribution is 6.00. The molecule has 0 amide bonds. The highest BCUT2D eigenvalue weighted by Gasteiger charge is 2.23. The van der Waals surface area contributed by atoms with Gasteiger partial charge in [-0.15, -0.1) is 0 Å². The summed E-state index contributed by atoms with van der Waals surface area (Å²) in [5.41, 5.74) is -0.511. The van der Waals surface area contributed by atoms with Crippen LogP contribution in [-0.4, -0.2) is 41.8 Å². The van der Waals surface area contributed by atoms with Crippen LogP contribution in [0.2, 0.25) is 0 Å². The van der Waals surface area contributed by atoms with E-state index in [1.165, 1.54) is 32.6 Å². The number of methoxy groups -OCH3 is 2. The van der Waals surface area contributed by atoms with E-state index in [1.807, 2.05) is 0 Å². The molecule has 1 N–H and O–H groups in total. The fourth-order valence-electron chi connectivity index (χ4n) is 1.54. The van der Waals surface area contributed by atoms with Crippen LogP contribution in [0.3, 0.4) is 0 Å². The monoisotopic (exact) mass is 281 g/mol.